The van der Waals surface area contributed by atoms with Gasteiger partial charge in [-0.3, -0.25) is 0 Å². The summed E-state index contributed by atoms with van der Waals surface area (Å²) in [6, 6.07) is 15.2. The second-order valence-corrected chi connectivity index (χ2v) is 5.11. The second kappa shape index (κ2) is 7.79. The number of rotatable bonds is 7. The number of hydrogen-bond donors (Lipinski definition) is 1. The fraction of sp³-hybridized carbons (Fsp3) is 0.333. The third-order valence-electron chi connectivity index (χ3n) is 3.35. The average Bonchev–Trinajstić information content (AvgIpc) is 2.51. The molecule has 0 aliphatic rings. The molecule has 1 atom stereocenters. The minimum atomic E-state index is -0.283. The molecule has 2 aromatic carbocycles. The molecule has 0 aromatic heterocycles. The van der Waals surface area contributed by atoms with Crippen LogP contribution in [0.25, 0.3) is 0 Å². The Balaban J connectivity index is 2.17. The van der Waals surface area contributed by atoms with Crippen molar-refractivity contribution in [1.82, 2.24) is 5.32 Å². The maximum Gasteiger partial charge on any atom is 0.167 e. The summed E-state index contributed by atoms with van der Waals surface area (Å²) in [6.45, 7) is 5.44. The van der Waals surface area contributed by atoms with Gasteiger partial charge in [0, 0.05) is 6.54 Å². The predicted octanol–water partition coefficient (Wildman–Crippen LogP) is 4.25. The van der Waals surface area contributed by atoms with Gasteiger partial charge in [-0.2, -0.15) is 0 Å². The monoisotopic (exact) mass is 287 g/mol. The average molecular weight is 287 g/mol. The van der Waals surface area contributed by atoms with E-state index in [0.29, 0.717) is 17.9 Å². The Bertz CT molecular complexity index is 556. The quantitative estimate of drug-likeness (QED) is 0.769. The molecule has 0 saturated carbocycles. The van der Waals surface area contributed by atoms with Gasteiger partial charge in [0.1, 0.15) is 6.10 Å². The fourth-order valence-electron chi connectivity index (χ4n) is 2.17. The van der Waals surface area contributed by atoms with E-state index in [0.717, 1.165) is 18.5 Å². The van der Waals surface area contributed by atoms with E-state index in [4.69, 9.17) is 4.74 Å². The molecule has 0 bridgehead atoms. The van der Waals surface area contributed by atoms with E-state index < -0.39 is 0 Å². The van der Waals surface area contributed by atoms with E-state index in [2.05, 4.69) is 12.2 Å². The number of nitrogens with one attached hydrogen (secondary N) is 1. The van der Waals surface area contributed by atoms with Gasteiger partial charge in [0.05, 0.1) is 0 Å². The van der Waals surface area contributed by atoms with Gasteiger partial charge in [-0.15, -0.1) is 0 Å². The summed E-state index contributed by atoms with van der Waals surface area (Å²) in [6.07, 6.45) is 0.856. The summed E-state index contributed by atoms with van der Waals surface area (Å²) < 4.78 is 20.0. The lowest BCUT2D eigenvalue weighted by atomic mass is 10.1. The zero-order valence-corrected chi connectivity index (χ0v) is 12.6. The first kappa shape index (κ1) is 15.5. The smallest absolute Gasteiger partial charge is 0.167 e. The molecule has 0 saturated heterocycles. The van der Waals surface area contributed by atoms with Crippen molar-refractivity contribution in [3.8, 4) is 5.75 Å². The third-order valence-corrected chi connectivity index (χ3v) is 3.35. The van der Waals surface area contributed by atoms with Crippen LogP contribution < -0.4 is 10.1 Å². The van der Waals surface area contributed by atoms with E-state index in [-0.39, 0.29) is 11.9 Å². The third kappa shape index (κ3) is 4.30. The number of halogens is 1. The molecule has 0 fully saturated rings. The molecular weight excluding hydrogens is 265 g/mol. The van der Waals surface area contributed by atoms with E-state index >= 15 is 0 Å². The van der Waals surface area contributed by atoms with E-state index in [1.54, 1.807) is 19.1 Å². The molecule has 2 aromatic rings. The maximum atomic E-state index is 14.1. The van der Waals surface area contributed by atoms with Crippen molar-refractivity contribution >= 4 is 0 Å². The molecule has 0 aliphatic heterocycles. The Kier molecular flexibility index (Phi) is 5.76. The summed E-state index contributed by atoms with van der Waals surface area (Å²) in [7, 11) is 0. The van der Waals surface area contributed by atoms with Gasteiger partial charge in [0.15, 0.2) is 11.6 Å². The van der Waals surface area contributed by atoms with Crippen LogP contribution >= 0.6 is 0 Å². The van der Waals surface area contributed by atoms with Crippen LogP contribution in [0.3, 0.4) is 0 Å². The van der Waals surface area contributed by atoms with Gasteiger partial charge in [-0.05, 0) is 37.1 Å². The topological polar surface area (TPSA) is 21.3 Å². The van der Waals surface area contributed by atoms with Crippen LogP contribution in [-0.2, 0) is 0 Å². The van der Waals surface area contributed by atoms with Crippen LogP contribution in [0.1, 0.15) is 30.6 Å². The van der Waals surface area contributed by atoms with Crippen molar-refractivity contribution in [3.05, 3.63) is 65.5 Å². The Morgan fingerprint density at radius 2 is 1.86 bits per heavy atom. The molecule has 1 N–H and O–H groups in total. The van der Waals surface area contributed by atoms with Crippen LogP contribution in [0, 0.1) is 12.7 Å². The lowest BCUT2D eigenvalue weighted by Gasteiger charge is -2.21. The first-order valence-electron chi connectivity index (χ1n) is 7.39. The van der Waals surface area contributed by atoms with Crippen molar-refractivity contribution in [2.75, 3.05) is 13.1 Å². The molecule has 21 heavy (non-hydrogen) atoms. The lowest BCUT2D eigenvalue weighted by molar-refractivity contribution is 0.192. The molecule has 0 aliphatic carbocycles. The van der Waals surface area contributed by atoms with Crippen LogP contribution in [0.4, 0.5) is 4.39 Å². The largest absolute Gasteiger partial charge is 0.481 e. The number of hydrogen-bond acceptors (Lipinski definition) is 2. The molecular formula is C18H22FNO. The Morgan fingerprint density at radius 3 is 2.57 bits per heavy atom. The highest BCUT2D eigenvalue weighted by atomic mass is 19.1. The van der Waals surface area contributed by atoms with Crippen LogP contribution in [0.5, 0.6) is 5.75 Å². The summed E-state index contributed by atoms with van der Waals surface area (Å²) >= 11 is 0. The van der Waals surface area contributed by atoms with Gasteiger partial charge < -0.3 is 10.1 Å². The van der Waals surface area contributed by atoms with Gasteiger partial charge in [0.2, 0.25) is 0 Å². The molecule has 1 unspecified atom stereocenters. The summed E-state index contributed by atoms with van der Waals surface area (Å²) in [5.74, 6) is 0.0241. The van der Waals surface area contributed by atoms with Crippen LogP contribution in [0.15, 0.2) is 48.5 Å². The molecule has 0 heterocycles. The fourth-order valence-corrected chi connectivity index (χ4v) is 2.17. The van der Waals surface area contributed by atoms with E-state index in [1.165, 1.54) is 0 Å². The molecule has 0 radical (unpaired) electrons. The molecule has 0 amide bonds. The van der Waals surface area contributed by atoms with Gasteiger partial charge >= 0.3 is 0 Å². The van der Waals surface area contributed by atoms with Crippen LogP contribution in [-0.4, -0.2) is 13.1 Å². The highest BCUT2D eigenvalue weighted by Crippen LogP contribution is 2.26. The van der Waals surface area contributed by atoms with Crippen LogP contribution in [0.2, 0.25) is 0 Å². The molecule has 2 nitrogen and oxygen atoms in total. The van der Waals surface area contributed by atoms with Crippen molar-refractivity contribution in [1.29, 1.82) is 0 Å². The van der Waals surface area contributed by atoms with E-state index in [1.807, 2.05) is 36.4 Å². The maximum absolute atomic E-state index is 14.1. The zero-order valence-electron chi connectivity index (χ0n) is 12.6. The summed E-state index contributed by atoms with van der Waals surface area (Å²) in [5, 5.41) is 3.34. The molecule has 2 rings (SSSR count). The van der Waals surface area contributed by atoms with Crippen molar-refractivity contribution in [3.63, 3.8) is 0 Å². The molecule has 3 heteroatoms. The normalized spacial score (nSPS) is 12.1. The number of benzene rings is 2. The second-order valence-electron chi connectivity index (χ2n) is 5.11. The van der Waals surface area contributed by atoms with Crippen molar-refractivity contribution in [2.45, 2.75) is 26.4 Å². The van der Waals surface area contributed by atoms with Crippen molar-refractivity contribution < 1.29 is 9.13 Å². The Hall–Kier alpha value is -1.87. The SMILES string of the molecule is CCCNCC(Oc1cccc(C)c1F)c1ccccc1. The van der Waals surface area contributed by atoms with Gasteiger partial charge in [-0.1, -0.05) is 49.4 Å². The highest BCUT2D eigenvalue weighted by Gasteiger charge is 2.15. The first-order valence-corrected chi connectivity index (χ1v) is 7.39. The Labute approximate surface area is 126 Å². The zero-order chi connectivity index (χ0) is 15.1. The standard InChI is InChI=1S/C18H22FNO/c1-3-12-20-13-17(15-9-5-4-6-10-15)21-16-11-7-8-14(2)18(16)19/h4-11,17,20H,3,12-13H2,1-2H3. The molecule has 112 valence electrons. The summed E-state index contributed by atoms with van der Waals surface area (Å²) in [5.41, 5.74) is 1.64. The lowest BCUT2D eigenvalue weighted by Crippen LogP contribution is -2.26. The van der Waals surface area contributed by atoms with Gasteiger partial charge in [-0.25, -0.2) is 4.39 Å². The van der Waals surface area contributed by atoms with Crippen molar-refractivity contribution in [2.24, 2.45) is 0 Å². The predicted molar refractivity (Wildman–Crippen MR) is 84.1 cm³/mol. The van der Waals surface area contributed by atoms with E-state index in [9.17, 15) is 4.39 Å². The number of ether oxygens (including phenoxy) is 1. The number of aryl methyl sites for hydroxylation is 1. The summed E-state index contributed by atoms with van der Waals surface area (Å²) in [4.78, 5) is 0. The first-order chi connectivity index (χ1) is 10.2. The minimum Gasteiger partial charge on any atom is -0.481 e. The minimum absolute atomic E-state index is 0.200. The Morgan fingerprint density at radius 1 is 1.10 bits per heavy atom. The molecule has 0 spiro atoms. The van der Waals surface area contributed by atoms with Gasteiger partial charge in [0.25, 0.3) is 0 Å². The highest BCUT2D eigenvalue weighted by molar-refractivity contribution is 5.31.